The number of aromatic nitrogens is 3. The van der Waals surface area contributed by atoms with Crippen molar-refractivity contribution < 1.29 is 32.9 Å². The molecule has 0 aliphatic carbocycles. The van der Waals surface area contributed by atoms with Crippen molar-refractivity contribution in [2.24, 2.45) is 0 Å². The fourth-order valence-electron chi connectivity index (χ4n) is 7.82. The summed E-state index contributed by atoms with van der Waals surface area (Å²) in [5.41, 5.74) is 0.734. The van der Waals surface area contributed by atoms with Crippen LogP contribution in [0.3, 0.4) is 0 Å². The molecule has 3 aliphatic rings. The molecule has 0 spiro atoms. The number of aliphatic hydroxyl groups is 1. The average Bonchev–Trinajstić information content (AvgIpc) is 3.94. The molecule has 3 fully saturated rings. The second-order valence-electron chi connectivity index (χ2n) is 14.6. The zero-order valence-corrected chi connectivity index (χ0v) is 33.5. The van der Waals surface area contributed by atoms with Crippen LogP contribution >= 0.6 is 12.6 Å². The van der Waals surface area contributed by atoms with E-state index in [1.54, 1.807) is 16.1 Å². The summed E-state index contributed by atoms with van der Waals surface area (Å²) in [6, 6.07) is 19.1. The van der Waals surface area contributed by atoms with Crippen LogP contribution < -0.4 is 19.4 Å². The van der Waals surface area contributed by atoms with Crippen LogP contribution in [0.1, 0.15) is 52.0 Å². The topological polar surface area (TPSA) is 109 Å². The molecule has 4 heterocycles. The van der Waals surface area contributed by atoms with Crippen LogP contribution in [-0.2, 0) is 21.6 Å². The van der Waals surface area contributed by atoms with Crippen molar-refractivity contribution >= 4 is 35.7 Å². The lowest BCUT2D eigenvalue weighted by Crippen LogP contribution is -2.50. The molecule has 302 valence electrons. The summed E-state index contributed by atoms with van der Waals surface area (Å²) >= 11 is 3.53. The Balaban J connectivity index is 0.00000262. The number of unbranched alkanes of at least 4 members (excludes halogenated alkanes) is 2. The Morgan fingerprint density at radius 3 is 2.18 bits per heavy atom. The molecule has 3 saturated heterocycles. The lowest BCUT2D eigenvalue weighted by molar-refractivity contribution is -0.117. The number of hydrogen-bond donors (Lipinski definition) is 2. The molecule has 0 bridgehead atoms. The van der Waals surface area contributed by atoms with E-state index in [2.05, 4.69) is 51.6 Å². The standard InChI is InChI=1S/C40H49F2N7O5.CH4S/c1-4-5-6-17-40(51)25-48(38(50)49(40)29(2)3)33-10-8-31(9-11-33)45-18-20-46(21-19-45)32-12-14-34(15-13-32)52-23-37-53-26-39(54-37,24-47-28-43-27-44-47)35-16-7-30(41)22-36(35)42;1-2/h7-16,22,27-29,37,51H,4-6,17-21,23-26H2,1-3H3;2H,1H3/t37-,39+,40?;/m0./s1. The van der Waals surface area contributed by atoms with Gasteiger partial charge in [0, 0.05) is 60.9 Å². The van der Waals surface area contributed by atoms with Crippen LogP contribution in [0.2, 0.25) is 0 Å². The van der Waals surface area contributed by atoms with Gasteiger partial charge in [-0.2, -0.15) is 17.7 Å². The van der Waals surface area contributed by atoms with Crippen LogP contribution in [0.4, 0.5) is 30.6 Å². The van der Waals surface area contributed by atoms with Crippen molar-refractivity contribution in [2.45, 2.75) is 76.7 Å². The number of piperazine rings is 1. The Labute approximate surface area is 333 Å². The minimum absolute atomic E-state index is 0.0250. The van der Waals surface area contributed by atoms with Crippen LogP contribution in [-0.4, -0.2) is 101 Å². The summed E-state index contributed by atoms with van der Waals surface area (Å²) in [6.07, 6.45) is 7.32. The molecule has 1 unspecified atom stereocenters. The van der Waals surface area contributed by atoms with Gasteiger partial charge in [-0.25, -0.2) is 23.2 Å². The van der Waals surface area contributed by atoms with Gasteiger partial charge in [0.2, 0.25) is 0 Å². The van der Waals surface area contributed by atoms with Crippen molar-refractivity contribution in [3.63, 3.8) is 0 Å². The molecule has 0 radical (unpaired) electrons. The molecule has 56 heavy (non-hydrogen) atoms. The van der Waals surface area contributed by atoms with E-state index in [1.807, 2.05) is 50.2 Å². The summed E-state index contributed by atoms with van der Waals surface area (Å²) in [7, 11) is 0. The third kappa shape index (κ3) is 9.06. The number of benzene rings is 3. The van der Waals surface area contributed by atoms with E-state index in [0.29, 0.717) is 12.2 Å². The van der Waals surface area contributed by atoms with Gasteiger partial charge >= 0.3 is 6.03 Å². The fourth-order valence-corrected chi connectivity index (χ4v) is 7.82. The fraction of sp³-hybridized carbons (Fsp3) is 0.488. The smallest absolute Gasteiger partial charge is 0.327 e. The number of thiol groups is 1. The Hall–Kier alpha value is -4.44. The normalized spacial score (nSPS) is 22.5. The number of carbonyl (C=O) groups is 1. The predicted molar refractivity (Wildman–Crippen MR) is 215 cm³/mol. The minimum atomic E-state index is -1.24. The van der Waals surface area contributed by atoms with Gasteiger partial charge in [0.25, 0.3) is 0 Å². The molecule has 12 nitrogen and oxygen atoms in total. The molecule has 7 rings (SSSR count). The Morgan fingerprint density at radius 2 is 1.59 bits per heavy atom. The summed E-state index contributed by atoms with van der Waals surface area (Å²) in [5.74, 6) is -0.764. The number of hydrogen-bond acceptors (Lipinski definition) is 10. The quantitative estimate of drug-likeness (QED) is 0.107. The van der Waals surface area contributed by atoms with Gasteiger partial charge < -0.3 is 29.1 Å². The van der Waals surface area contributed by atoms with Gasteiger partial charge in [-0.15, -0.1) is 0 Å². The van der Waals surface area contributed by atoms with Gasteiger partial charge in [-0.05, 0) is 87.5 Å². The van der Waals surface area contributed by atoms with E-state index in [0.717, 1.165) is 68.6 Å². The lowest BCUT2D eigenvalue weighted by Gasteiger charge is -2.37. The zero-order valence-electron chi connectivity index (χ0n) is 32.6. The number of rotatable bonds is 14. The highest BCUT2D eigenvalue weighted by atomic mass is 32.1. The highest BCUT2D eigenvalue weighted by molar-refractivity contribution is 7.79. The summed E-state index contributed by atoms with van der Waals surface area (Å²) in [4.78, 5) is 25.4. The van der Waals surface area contributed by atoms with Gasteiger partial charge in [0.15, 0.2) is 12.0 Å². The molecule has 3 aromatic carbocycles. The van der Waals surface area contributed by atoms with Crippen molar-refractivity contribution in [1.82, 2.24) is 19.7 Å². The monoisotopic (exact) mass is 793 g/mol. The van der Waals surface area contributed by atoms with Crippen molar-refractivity contribution in [3.8, 4) is 5.75 Å². The molecule has 3 aliphatic heterocycles. The molecule has 4 aromatic rings. The van der Waals surface area contributed by atoms with Crippen molar-refractivity contribution in [1.29, 1.82) is 0 Å². The van der Waals surface area contributed by atoms with E-state index >= 15 is 0 Å². The number of carbonyl (C=O) groups excluding carboxylic acids is 1. The van der Waals surface area contributed by atoms with Gasteiger partial charge in [0.05, 0.1) is 19.7 Å². The largest absolute Gasteiger partial charge is 0.488 e. The van der Waals surface area contributed by atoms with Crippen molar-refractivity contribution in [2.75, 3.05) is 66.9 Å². The third-order valence-corrected chi connectivity index (χ3v) is 10.6. The van der Waals surface area contributed by atoms with Crippen LogP contribution in [0, 0.1) is 11.6 Å². The SMILES string of the molecule is CCCCCC1(O)CN(c2ccc(N3CCN(c4ccc(OC[C@H]5OC[C@](Cn6cncn6)(c6ccc(F)cc6F)O5)cc4)CC3)cc2)C(=O)N1C(C)C.CS. The maximum Gasteiger partial charge on any atom is 0.327 e. The van der Waals surface area contributed by atoms with Crippen LogP contribution in [0.5, 0.6) is 5.75 Å². The average molecular weight is 794 g/mol. The first-order chi connectivity index (χ1) is 27.1. The predicted octanol–water partition coefficient (Wildman–Crippen LogP) is 6.70. The van der Waals surface area contributed by atoms with Crippen LogP contribution in [0.25, 0.3) is 0 Å². The number of nitrogens with zero attached hydrogens (tertiary/aromatic N) is 7. The van der Waals surface area contributed by atoms with Gasteiger partial charge in [-0.1, -0.05) is 25.8 Å². The van der Waals surface area contributed by atoms with Crippen LogP contribution in [0.15, 0.2) is 79.4 Å². The van der Waals surface area contributed by atoms with E-state index in [-0.39, 0.29) is 43.9 Å². The van der Waals surface area contributed by atoms with Crippen molar-refractivity contribution in [3.05, 3.63) is 96.6 Å². The first-order valence-electron chi connectivity index (χ1n) is 19.3. The molecule has 15 heteroatoms. The summed E-state index contributed by atoms with van der Waals surface area (Å²) in [6.45, 7) is 9.86. The number of anilines is 3. The molecule has 3 atom stereocenters. The van der Waals surface area contributed by atoms with E-state index in [9.17, 15) is 18.7 Å². The van der Waals surface area contributed by atoms with E-state index in [1.165, 1.54) is 29.5 Å². The number of ether oxygens (including phenoxy) is 3. The molecule has 2 amide bonds. The molecular weight excluding hydrogens is 741 g/mol. The second kappa shape index (κ2) is 18.2. The van der Waals surface area contributed by atoms with E-state index < -0.39 is 29.3 Å². The lowest BCUT2D eigenvalue weighted by atomic mass is 9.94. The molecular formula is C41H53F2N7O5S. The van der Waals surface area contributed by atoms with E-state index in [4.69, 9.17) is 14.2 Å². The Bertz CT molecular complexity index is 1870. The Kier molecular flexibility index (Phi) is 13.4. The van der Waals surface area contributed by atoms with Gasteiger partial charge in [-0.3, -0.25) is 9.80 Å². The maximum atomic E-state index is 14.9. The number of halogens is 2. The Morgan fingerprint density at radius 1 is 0.946 bits per heavy atom. The number of amides is 2. The first-order valence-corrected chi connectivity index (χ1v) is 20.1. The molecule has 1 aromatic heterocycles. The summed E-state index contributed by atoms with van der Waals surface area (Å²) in [5, 5.41) is 15.7. The minimum Gasteiger partial charge on any atom is -0.488 e. The third-order valence-electron chi connectivity index (χ3n) is 10.6. The first kappa shape index (κ1) is 41.2. The summed E-state index contributed by atoms with van der Waals surface area (Å²) < 4.78 is 48.4. The zero-order chi connectivity index (χ0) is 39.9. The molecule has 1 N–H and O–H groups in total. The number of urea groups is 1. The highest BCUT2D eigenvalue weighted by Crippen LogP contribution is 2.38. The van der Waals surface area contributed by atoms with Gasteiger partial charge in [0.1, 0.15) is 42.2 Å². The highest BCUT2D eigenvalue weighted by Gasteiger charge is 2.50. The second-order valence-corrected chi connectivity index (χ2v) is 14.6. The maximum absolute atomic E-state index is 14.9. The molecule has 0 saturated carbocycles. The number of β-amino-alcohol motifs (C(OH)–C–C–N with tert-alkyl or cyclic N) is 1.